The standard InChI is InChI=1S/C50H32/c1-2-10-33(11-3-1)38-20-21-40-29-41(23-22-39(40)28-38)42-26-27-47-48(32-42)50(44-25-19-35-13-5-7-15-37(35)31-44)46-17-9-8-16-45(46)49(47)43-24-18-34-12-4-6-14-36(34)30-43/h1-32H. The number of hydrogen-bond acceptors (Lipinski definition) is 0. The van der Waals surface area contributed by atoms with Gasteiger partial charge in [0, 0.05) is 0 Å². The van der Waals surface area contributed by atoms with Crippen LogP contribution in [0.15, 0.2) is 194 Å². The fourth-order valence-electron chi connectivity index (χ4n) is 7.91. The molecule has 0 aliphatic carbocycles. The maximum absolute atomic E-state index is 2.43. The molecule has 0 atom stereocenters. The van der Waals surface area contributed by atoms with E-state index in [1.54, 1.807) is 0 Å². The zero-order valence-electron chi connectivity index (χ0n) is 27.5. The first-order valence-electron chi connectivity index (χ1n) is 17.3. The third-order valence-corrected chi connectivity index (χ3v) is 10.4. The van der Waals surface area contributed by atoms with Gasteiger partial charge in [0.1, 0.15) is 0 Å². The van der Waals surface area contributed by atoms with Crippen LogP contribution in [-0.4, -0.2) is 0 Å². The van der Waals surface area contributed by atoms with Crippen LogP contribution in [0.1, 0.15) is 0 Å². The number of fused-ring (bicyclic) bond motifs is 5. The summed E-state index contributed by atoms with van der Waals surface area (Å²) in [5.74, 6) is 0. The fourth-order valence-corrected chi connectivity index (χ4v) is 7.91. The van der Waals surface area contributed by atoms with E-state index in [0.717, 1.165) is 0 Å². The lowest BCUT2D eigenvalue weighted by Gasteiger charge is -2.19. The van der Waals surface area contributed by atoms with Crippen molar-refractivity contribution in [3.63, 3.8) is 0 Å². The summed E-state index contributed by atoms with van der Waals surface area (Å²) in [4.78, 5) is 0. The molecule has 0 saturated heterocycles. The molecule has 0 heteroatoms. The van der Waals surface area contributed by atoms with E-state index in [1.807, 2.05) is 0 Å². The monoisotopic (exact) mass is 632 g/mol. The molecule has 0 saturated carbocycles. The van der Waals surface area contributed by atoms with Crippen molar-refractivity contribution in [1.82, 2.24) is 0 Å². The summed E-state index contributed by atoms with van der Waals surface area (Å²) in [6.45, 7) is 0. The average molecular weight is 633 g/mol. The molecule has 0 heterocycles. The minimum Gasteiger partial charge on any atom is -0.0622 e. The quantitative estimate of drug-likeness (QED) is 0.169. The van der Waals surface area contributed by atoms with Gasteiger partial charge in [-0.15, -0.1) is 0 Å². The number of rotatable bonds is 4. The van der Waals surface area contributed by atoms with Crippen LogP contribution in [0.25, 0.3) is 98.4 Å². The number of benzene rings is 10. The van der Waals surface area contributed by atoms with Crippen LogP contribution in [0.2, 0.25) is 0 Å². The molecule has 10 rings (SSSR count). The minimum atomic E-state index is 1.22. The molecule has 0 aliphatic heterocycles. The number of hydrogen-bond donors (Lipinski definition) is 0. The van der Waals surface area contributed by atoms with Crippen LogP contribution in [0.5, 0.6) is 0 Å². The molecule has 10 aromatic carbocycles. The Balaban J connectivity index is 1.23. The molecule has 232 valence electrons. The molecule has 0 spiro atoms. The second-order valence-corrected chi connectivity index (χ2v) is 13.3. The Kier molecular flexibility index (Phi) is 6.60. The molecule has 0 unspecified atom stereocenters. The molecule has 0 radical (unpaired) electrons. The molecular formula is C50H32. The highest BCUT2D eigenvalue weighted by atomic mass is 14.2. The van der Waals surface area contributed by atoms with Crippen LogP contribution in [0.4, 0.5) is 0 Å². The Labute approximate surface area is 291 Å². The van der Waals surface area contributed by atoms with Crippen molar-refractivity contribution in [2.45, 2.75) is 0 Å². The van der Waals surface area contributed by atoms with E-state index >= 15 is 0 Å². The first-order chi connectivity index (χ1) is 24.8. The summed E-state index contributed by atoms with van der Waals surface area (Å²) in [5, 5.41) is 12.6. The van der Waals surface area contributed by atoms with Crippen LogP contribution in [-0.2, 0) is 0 Å². The van der Waals surface area contributed by atoms with Gasteiger partial charge in [0.15, 0.2) is 0 Å². The van der Waals surface area contributed by atoms with Gasteiger partial charge >= 0.3 is 0 Å². The van der Waals surface area contributed by atoms with Gasteiger partial charge in [-0.05, 0) is 129 Å². The van der Waals surface area contributed by atoms with Crippen LogP contribution >= 0.6 is 0 Å². The van der Waals surface area contributed by atoms with Crippen molar-refractivity contribution in [1.29, 1.82) is 0 Å². The van der Waals surface area contributed by atoms with Crippen LogP contribution in [0.3, 0.4) is 0 Å². The lowest BCUT2D eigenvalue weighted by atomic mass is 9.84. The van der Waals surface area contributed by atoms with Gasteiger partial charge in [0.05, 0.1) is 0 Å². The van der Waals surface area contributed by atoms with Crippen molar-refractivity contribution in [2.75, 3.05) is 0 Å². The van der Waals surface area contributed by atoms with Crippen molar-refractivity contribution in [3.05, 3.63) is 194 Å². The van der Waals surface area contributed by atoms with Gasteiger partial charge in [-0.3, -0.25) is 0 Å². The van der Waals surface area contributed by atoms with Gasteiger partial charge in [-0.25, -0.2) is 0 Å². The Bertz CT molecular complexity index is 2910. The van der Waals surface area contributed by atoms with Gasteiger partial charge in [0.2, 0.25) is 0 Å². The second-order valence-electron chi connectivity index (χ2n) is 13.3. The van der Waals surface area contributed by atoms with Crippen molar-refractivity contribution in [3.8, 4) is 44.5 Å². The van der Waals surface area contributed by atoms with Crippen molar-refractivity contribution in [2.24, 2.45) is 0 Å². The lowest BCUT2D eigenvalue weighted by Crippen LogP contribution is -1.92. The highest BCUT2D eigenvalue weighted by Crippen LogP contribution is 2.46. The molecule has 10 aromatic rings. The Hall–Kier alpha value is -6.50. The Morgan fingerprint density at radius 3 is 1.14 bits per heavy atom. The van der Waals surface area contributed by atoms with Crippen molar-refractivity contribution < 1.29 is 0 Å². The molecule has 0 nitrogen and oxygen atoms in total. The molecular weight excluding hydrogens is 601 g/mol. The summed E-state index contributed by atoms with van der Waals surface area (Å²) in [6, 6.07) is 71.5. The molecule has 0 amide bonds. The second kappa shape index (κ2) is 11.6. The van der Waals surface area contributed by atoms with E-state index in [2.05, 4.69) is 194 Å². The summed E-state index contributed by atoms with van der Waals surface area (Å²) in [6.07, 6.45) is 0. The van der Waals surface area contributed by atoms with Gasteiger partial charge < -0.3 is 0 Å². The minimum absolute atomic E-state index is 1.22. The predicted octanol–water partition coefficient (Wildman–Crippen LogP) is 14.1. The molecule has 0 fully saturated rings. The van der Waals surface area contributed by atoms with E-state index < -0.39 is 0 Å². The SMILES string of the molecule is c1ccc(-c2ccc3cc(-c4ccc5c(-c6ccc7ccccc7c6)c6ccccc6c(-c6ccc7ccccc7c6)c5c4)ccc3c2)cc1. The first kappa shape index (κ1) is 28.5. The topological polar surface area (TPSA) is 0 Å². The lowest BCUT2D eigenvalue weighted by molar-refractivity contribution is 1.63. The molecule has 50 heavy (non-hydrogen) atoms. The summed E-state index contributed by atoms with van der Waals surface area (Å²) in [5.41, 5.74) is 9.95. The maximum Gasteiger partial charge on any atom is -0.00259 e. The summed E-state index contributed by atoms with van der Waals surface area (Å²) < 4.78 is 0. The molecule has 0 aliphatic rings. The van der Waals surface area contributed by atoms with Crippen molar-refractivity contribution >= 4 is 53.9 Å². The van der Waals surface area contributed by atoms with E-state index in [-0.39, 0.29) is 0 Å². The van der Waals surface area contributed by atoms with Crippen LogP contribution in [0, 0.1) is 0 Å². The van der Waals surface area contributed by atoms with Crippen LogP contribution < -0.4 is 0 Å². The molecule has 0 N–H and O–H groups in total. The summed E-state index contributed by atoms with van der Waals surface area (Å²) >= 11 is 0. The van der Waals surface area contributed by atoms with Gasteiger partial charge in [0.25, 0.3) is 0 Å². The fraction of sp³-hybridized carbons (Fsp3) is 0. The Morgan fingerprint density at radius 1 is 0.180 bits per heavy atom. The van der Waals surface area contributed by atoms with Gasteiger partial charge in [-0.1, -0.05) is 164 Å². The highest BCUT2D eigenvalue weighted by molar-refractivity contribution is 6.22. The van der Waals surface area contributed by atoms with E-state index in [9.17, 15) is 0 Å². The smallest absolute Gasteiger partial charge is 0.00259 e. The Morgan fingerprint density at radius 2 is 0.540 bits per heavy atom. The zero-order valence-corrected chi connectivity index (χ0v) is 27.5. The van der Waals surface area contributed by atoms with E-state index in [4.69, 9.17) is 0 Å². The normalized spacial score (nSPS) is 11.6. The predicted molar refractivity (Wildman–Crippen MR) is 216 cm³/mol. The molecule has 0 bridgehead atoms. The third kappa shape index (κ3) is 4.77. The third-order valence-electron chi connectivity index (χ3n) is 10.4. The summed E-state index contributed by atoms with van der Waals surface area (Å²) in [7, 11) is 0. The van der Waals surface area contributed by atoms with E-state index in [1.165, 1.54) is 98.4 Å². The van der Waals surface area contributed by atoms with Gasteiger partial charge in [-0.2, -0.15) is 0 Å². The first-order valence-corrected chi connectivity index (χ1v) is 17.3. The average Bonchev–Trinajstić information content (AvgIpc) is 3.19. The zero-order chi connectivity index (χ0) is 33.0. The molecule has 0 aromatic heterocycles. The van der Waals surface area contributed by atoms with E-state index in [0.29, 0.717) is 0 Å². The maximum atomic E-state index is 2.43. The highest BCUT2D eigenvalue weighted by Gasteiger charge is 2.18. The largest absolute Gasteiger partial charge is 0.0622 e.